The number of amides is 1. The van der Waals surface area contributed by atoms with E-state index in [0.717, 1.165) is 12.3 Å². The third-order valence-electron chi connectivity index (χ3n) is 2.26. The molecule has 1 heterocycles. The first-order valence-corrected chi connectivity index (χ1v) is 5.77. The standard InChI is InChI=1S/C12H16FN3O3/c1-6(2)15-11(17)7(3)16-10-9(12(18)19)4-8(13)5-14-10/h4-7H,1-3H3,(H,14,16)(H,15,17)(H,18,19). The van der Waals surface area contributed by atoms with Crippen LogP contribution in [0.15, 0.2) is 12.3 Å². The smallest absolute Gasteiger partial charge is 0.339 e. The van der Waals surface area contributed by atoms with Gasteiger partial charge in [0.1, 0.15) is 23.2 Å². The lowest BCUT2D eigenvalue weighted by atomic mass is 10.2. The van der Waals surface area contributed by atoms with Crippen LogP contribution in [0.25, 0.3) is 0 Å². The monoisotopic (exact) mass is 269 g/mol. The Morgan fingerprint density at radius 3 is 2.53 bits per heavy atom. The van der Waals surface area contributed by atoms with Crippen LogP contribution in [-0.2, 0) is 4.79 Å². The molecule has 0 fully saturated rings. The first-order chi connectivity index (χ1) is 8.81. The van der Waals surface area contributed by atoms with Crippen LogP contribution in [0.2, 0.25) is 0 Å². The molecule has 6 nitrogen and oxygen atoms in total. The molecule has 0 spiro atoms. The normalized spacial score (nSPS) is 12.1. The SMILES string of the molecule is CC(C)NC(=O)C(C)Nc1ncc(F)cc1C(=O)O. The second kappa shape index (κ2) is 6.12. The molecule has 1 aromatic heterocycles. The third kappa shape index (κ3) is 4.20. The molecule has 0 aromatic carbocycles. The van der Waals surface area contributed by atoms with Gasteiger partial charge in [0.25, 0.3) is 0 Å². The Bertz CT molecular complexity index is 491. The number of hydrogen-bond donors (Lipinski definition) is 3. The highest BCUT2D eigenvalue weighted by Crippen LogP contribution is 2.14. The van der Waals surface area contributed by atoms with Crippen LogP contribution in [-0.4, -0.2) is 34.1 Å². The Morgan fingerprint density at radius 1 is 1.37 bits per heavy atom. The molecule has 0 saturated heterocycles. The van der Waals surface area contributed by atoms with E-state index in [1.54, 1.807) is 6.92 Å². The maximum atomic E-state index is 12.9. The Morgan fingerprint density at radius 2 is 2.00 bits per heavy atom. The van der Waals surface area contributed by atoms with Crippen LogP contribution in [0, 0.1) is 5.82 Å². The number of pyridine rings is 1. The zero-order valence-corrected chi connectivity index (χ0v) is 10.9. The van der Waals surface area contributed by atoms with Crippen molar-refractivity contribution in [3.63, 3.8) is 0 Å². The van der Waals surface area contributed by atoms with Crippen molar-refractivity contribution in [3.8, 4) is 0 Å². The van der Waals surface area contributed by atoms with Gasteiger partial charge in [-0.25, -0.2) is 14.2 Å². The minimum absolute atomic E-state index is 0.0307. The van der Waals surface area contributed by atoms with Gasteiger partial charge < -0.3 is 15.7 Å². The van der Waals surface area contributed by atoms with Crippen LogP contribution in [0.5, 0.6) is 0 Å². The maximum Gasteiger partial charge on any atom is 0.339 e. The summed E-state index contributed by atoms with van der Waals surface area (Å²) in [6, 6.07) is 0.139. The molecule has 1 atom stereocenters. The summed E-state index contributed by atoms with van der Waals surface area (Å²) >= 11 is 0. The predicted molar refractivity (Wildman–Crippen MR) is 67.5 cm³/mol. The summed E-state index contributed by atoms with van der Waals surface area (Å²) in [5.41, 5.74) is -0.316. The van der Waals surface area contributed by atoms with Gasteiger partial charge in [-0.1, -0.05) is 0 Å². The number of aromatic carboxylic acids is 1. The van der Waals surface area contributed by atoms with E-state index in [4.69, 9.17) is 5.11 Å². The summed E-state index contributed by atoms with van der Waals surface area (Å²) in [6.45, 7) is 5.18. The molecule has 0 radical (unpaired) electrons. The van der Waals surface area contributed by atoms with Gasteiger partial charge in [-0.3, -0.25) is 4.79 Å². The van der Waals surface area contributed by atoms with Crippen molar-refractivity contribution in [1.82, 2.24) is 10.3 Å². The van der Waals surface area contributed by atoms with Crippen molar-refractivity contribution in [2.45, 2.75) is 32.9 Å². The highest BCUT2D eigenvalue weighted by Gasteiger charge is 2.18. The molecule has 1 unspecified atom stereocenters. The van der Waals surface area contributed by atoms with Gasteiger partial charge in [-0.2, -0.15) is 0 Å². The Balaban J connectivity index is 2.87. The Kier molecular flexibility index (Phi) is 4.80. The molecule has 19 heavy (non-hydrogen) atoms. The molecule has 0 saturated carbocycles. The number of rotatable bonds is 5. The van der Waals surface area contributed by atoms with Crippen LogP contribution in [0.3, 0.4) is 0 Å². The number of nitrogens with zero attached hydrogens (tertiary/aromatic N) is 1. The van der Waals surface area contributed by atoms with Gasteiger partial charge in [-0.15, -0.1) is 0 Å². The predicted octanol–water partition coefficient (Wildman–Crippen LogP) is 1.24. The van der Waals surface area contributed by atoms with Crippen LogP contribution in [0.1, 0.15) is 31.1 Å². The lowest BCUT2D eigenvalue weighted by Gasteiger charge is -2.17. The molecule has 1 amide bonds. The summed E-state index contributed by atoms with van der Waals surface area (Å²) in [6.07, 6.45) is 0.891. The average Bonchev–Trinajstić information content (AvgIpc) is 2.30. The first-order valence-electron chi connectivity index (χ1n) is 5.77. The zero-order chi connectivity index (χ0) is 14.6. The number of hydrogen-bond acceptors (Lipinski definition) is 4. The van der Waals surface area contributed by atoms with Crippen LogP contribution in [0.4, 0.5) is 10.2 Å². The molecule has 7 heteroatoms. The number of carbonyl (C=O) groups excluding carboxylic acids is 1. The quantitative estimate of drug-likeness (QED) is 0.748. The van der Waals surface area contributed by atoms with Gasteiger partial charge in [0.05, 0.1) is 6.20 Å². The number of anilines is 1. The molecule has 0 bridgehead atoms. The fraction of sp³-hybridized carbons (Fsp3) is 0.417. The van der Waals surface area contributed by atoms with Crippen molar-refractivity contribution in [1.29, 1.82) is 0 Å². The largest absolute Gasteiger partial charge is 0.478 e. The Labute approximate surface area is 110 Å². The van der Waals surface area contributed by atoms with Gasteiger partial charge in [0.2, 0.25) is 5.91 Å². The molecule has 104 valence electrons. The average molecular weight is 269 g/mol. The number of carboxylic acid groups (broad SMARTS) is 1. The highest BCUT2D eigenvalue weighted by molar-refractivity contribution is 5.94. The molecular formula is C12H16FN3O3. The Hall–Kier alpha value is -2.18. The lowest BCUT2D eigenvalue weighted by Crippen LogP contribution is -2.41. The van der Waals surface area contributed by atoms with Crippen molar-refractivity contribution < 1.29 is 19.1 Å². The van der Waals surface area contributed by atoms with E-state index in [2.05, 4.69) is 15.6 Å². The summed E-state index contributed by atoms with van der Waals surface area (Å²) in [5, 5.41) is 14.3. The first kappa shape index (κ1) is 14.9. The summed E-state index contributed by atoms with van der Waals surface area (Å²) in [5.74, 6) is -2.40. The van der Waals surface area contributed by atoms with Crippen LogP contribution < -0.4 is 10.6 Å². The number of carbonyl (C=O) groups is 2. The number of nitrogens with one attached hydrogen (secondary N) is 2. The second-order valence-electron chi connectivity index (χ2n) is 4.38. The van der Waals surface area contributed by atoms with Gasteiger partial charge >= 0.3 is 5.97 Å². The van der Waals surface area contributed by atoms with Crippen molar-refractivity contribution in [2.24, 2.45) is 0 Å². The summed E-state index contributed by atoms with van der Waals surface area (Å²) < 4.78 is 12.9. The molecule has 1 aromatic rings. The molecule has 1 rings (SSSR count). The maximum absolute atomic E-state index is 12.9. The minimum atomic E-state index is -1.31. The zero-order valence-electron chi connectivity index (χ0n) is 10.9. The van der Waals surface area contributed by atoms with Crippen molar-refractivity contribution in [2.75, 3.05) is 5.32 Å². The fourth-order valence-corrected chi connectivity index (χ4v) is 1.40. The molecular weight excluding hydrogens is 253 g/mol. The topological polar surface area (TPSA) is 91.3 Å². The summed E-state index contributed by atoms with van der Waals surface area (Å²) in [4.78, 5) is 26.3. The van der Waals surface area contributed by atoms with Crippen LogP contribution >= 0.6 is 0 Å². The molecule has 3 N–H and O–H groups in total. The van der Waals surface area contributed by atoms with E-state index in [1.165, 1.54) is 0 Å². The third-order valence-corrected chi connectivity index (χ3v) is 2.26. The summed E-state index contributed by atoms with van der Waals surface area (Å²) in [7, 11) is 0. The minimum Gasteiger partial charge on any atom is -0.478 e. The lowest BCUT2D eigenvalue weighted by molar-refractivity contribution is -0.122. The number of aromatic nitrogens is 1. The second-order valence-corrected chi connectivity index (χ2v) is 4.38. The van der Waals surface area contributed by atoms with E-state index >= 15 is 0 Å². The fourth-order valence-electron chi connectivity index (χ4n) is 1.40. The van der Waals surface area contributed by atoms with E-state index in [1.807, 2.05) is 13.8 Å². The van der Waals surface area contributed by atoms with E-state index in [-0.39, 0.29) is 23.3 Å². The number of halogens is 1. The van der Waals surface area contributed by atoms with Gasteiger partial charge in [-0.05, 0) is 26.8 Å². The van der Waals surface area contributed by atoms with Crippen molar-refractivity contribution in [3.05, 3.63) is 23.6 Å². The van der Waals surface area contributed by atoms with Gasteiger partial charge in [0.15, 0.2) is 0 Å². The highest BCUT2D eigenvalue weighted by atomic mass is 19.1. The molecule has 0 aliphatic carbocycles. The van der Waals surface area contributed by atoms with E-state index in [9.17, 15) is 14.0 Å². The van der Waals surface area contributed by atoms with E-state index in [0.29, 0.717) is 0 Å². The van der Waals surface area contributed by atoms with Gasteiger partial charge in [0, 0.05) is 6.04 Å². The van der Waals surface area contributed by atoms with E-state index < -0.39 is 17.8 Å². The number of carboxylic acids is 1. The molecule has 0 aliphatic heterocycles. The molecule has 0 aliphatic rings. The van der Waals surface area contributed by atoms with Crippen molar-refractivity contribution >= 4 is 17.7 Å².